The first-order chi connectivity index (χ1) is 13.5. The summed E-state index contributed by atoms with van der Waals surface area (Å²) in [4.78, 5) is 29.6. The molecule has 2 aliphatic rings. The van der Waals surface area contributed by atoms with Crippen molar-refractivity contribution in [1.29, 1.82) is 0 Å². The van der Waals surface area contributed by atoms with Gasteiger partial charge in [0.1, 0.15) is 5.00 Å². The molecule has 0 saturated carbocycles. The van der Waals surface area contributed by atoms with Gasteiger partial charge in [-0.15, -0.1) is 11.3 Å². The number of nitrogens with one attached hydrogen (secondary N) is 1. The number of rotatable bonds is 3. The molecule has 1 fully saturated rings. The van der Waals surface area contributed by atoms with E-state index in [-0.39, 0.29) is 17.9 Å². The van der Waals surface area contributed by atoms with Crippen molar-refractivity contribution in [2.75, 3.05) is 11.9 Å². The van der Waals surface area contributed by atoms with Gasteiger partial charge in [0, 0.05) is 23.0 Å². The zero-order valence-electron chi connectivity index (χ0n) is 16.7. The van der Waals surface area contributed by atoms with Gasteiger partial charge in [0.05, 0.1) is 5.56 Å². The Bertz CT molecular complexity index is 874. The maximum atomic E-state index is 13.5. The highest BCUT2D eigenvalue weighted by Crippen LogP contribution is 2.41. The van der Waals surface area contributed by atoms with E-state index in [1.807, 2.05) is 23.1 Å². The number of anilines is 1. The van der Waals surface area contributed by atoms with Crippen molar-refractivity contribution in [3.8, 4) is 0 Å². The maximum Gasteiger partial charge on any atom is 0.257 e. The highest BCUT2D eigenvalue weighted by Gasteiger charge is 2.33. The summed E-state index contributed by atoms with van der Waals surface area (Å²) in [6, 6.07) is 9.49. The van der Waals surface area contributed by atoms with Gasteiger partial charge < -0.3 is 10.2 Å². The smallest absolute Gasteiger partial charge is 0.257 e. The summed E-state index contributed by atoms with van der Waals surface area (Å²) >= 11 is 1.60. The topological polar surface area (TPSA) is 49.4 Å². The molecule has 4 rings (SSSR count). The lowest BCUT2D eigenvalue weighted by Gasteiger charge is -2.34. The molecule has 28 heavy (non-hydrogen) atoms. The summed E-state index contributed by atoms with van der Waals surface area (Å²) in [5.41, 5.74) is 2.55. The Hall–Kier alpha value is -2.14. The van der Waals surface area contributed by atoms with E-state index in [4.69, 9.17) is 0 Å². The number of carbonyl (C=O) groups is 2. The molecular formula is C23H28N2O2S. The highest BCUT2D eigenvalue weighted by molar-refractivity contribution is 7.17. The Morgan fingerprint density at radius 2 is 1.89 bits per heavy atom. The number of benzene rings is 1. The van der Waals surface area contributed by atoms with E-state index in [1.54, 1.807) is 23.5 Å². The number of hydrogen-bond donors (Lipinski definition) is 1. The van der Waals surface area contributed by atoms with Crippen LogP contribution < -0.4 is 5.32 Å². The van der Waals surface area contributed by atoms with Crippen molar-refractivity contribution in [2.45, 2.75) is 58.4 Å². The number of hydrogen-bond acceptors (Lipinski definition) is 3. The van der Waals surface area contributed by atoms with Crippen LogP contribution in [0.3, 0.4) is 0 Å². The Morgan fingerprint density at radius 3 is 2.64 bits per heavy atom. The summed E-state index contributed by atoms with van der Waals surface area (Å²) in [6.45, 7) is 5.21. The third-order valence-corrected chi connectivity index (χ3v) is 7.22. The first-order valence-corrected chi connectivity index (χ1v) is 11.2. The predicted molar refractivity (Wildman–Crippen MR) is 114 cm³/mol. The first kappa shape index (κ1) is 19.2. The van der Waals surface area contributed by atoms with Crippen LogP contribution in [0.5, 0.6) is 0 Å². The molecule has 1 aromatic heterocycles. The Kier molecular flexibility index (Phi) is 5.54. The van der Waals surface area contributed by atoms with Gasteiger partial charge >= 0.3 is 0 Å². The van der Waals surface area contributed by atoms with Gasteiger partial charge in [-0.25, -0.2) is 0 Å². The summed E-state index contributed by atoms with van der Waals surface area (Å²) in [6.07, 6.45) is 6.33. The number of likely N-dealkylation sites (tertiary alicyclic amines) is 1. The minimum absolute atomic E-state index is 0.0996. The molecule has 2 amide bonds. The lowest BCUT2D eigenvalue weighted by Crippen LogP contribution is -2.42. The van der Waals surface area contributed by atoms with E-state index in [1.165, 1.54) is 16.9 Å². The number of carbonyl (C=O) groups excluding carboxylic acids is 2. The molecule has 4 nitrogen and oxygen atoms in total. The SMILES string of the molecule is C[C@H]1CCc2c(sc(NC(=O)c3ccccc3)c2C(=O)N2CCCC[C@H]2C)C1. The van der Waals surface area contributed by atoms with Gasteiger partial charge in [-0.05, 0) is 69.1 Å². The maximum absolute atomic E-state index is 13.5. The molecule has 1 aliphatic heterocycles. The lowest BCUT2D eigenvalue weighted by molar-refractivity contribution is 0.0635. The lowest BCUT2D eigenvalue weighted by atomic mass is 9.88. The Morgan fingerprint density at radius 1 is 1.11 bits per heavy atom. The molecule has 0 spiro atoms. The van der Waals surface area contributed by atoms with Gasteiger partial charge in [-0.1, -0.05) is 25.1 Å². The summed E-state index contributed by atoms with van der Waals surface area (Å²) in [5.74, 6) is 0.580. The van der Waals surface area contributed by atoms with Crippen LogP contribution >= 0.6 is 11.3 Å². The van der Waals surface area contributed by atoms with Crippen LogP contribution in [0.1, 0.15) is 70.7 Å². The normalized spacial score (nSPS) is 21.9. The molecule has 0 radical (unpaired) electrons. The highest BCUT2D eigenvalue weighted by atomic mass is 32.1. The summed E-state index contributed by atoms with van der Waals surface area (Å²) in [7, 11) is 0. The van der Waals surface area contributed by atoms with Crippen LogP contribution in [0.4, 0.5) is 5.00 Å². The molecule has 0 unspecified atom stereocenters. The van der Waals surface area contributed by atoms with Gasteiger partial charge in [0.2, 0.25) is 0 Å². The van der Waals surface area contributed by atoms with Crippen LogP contribution in [0.15, 0.2) is 30.3 Å². The van der Waals surface area contributed by atoms with Crippen molar-refractivity contribution >= 4 is 28.2 Å². The molecule has 1 N–H and O–H groups in total. The molecule has 2 aromatic rings. The second-order valence-corrected chi connectivity index (χ2v) is 9.32. The van der Waals surface area contributed by atoms with Crippen LogP contribution in [-0.4, -0.2) is 29.3 Å². The summed E-state index contributed by atoms with van der Waals surface area (Å²) in [5, 5.41) is 3.80. The van der Waals surface area contributed by atoms with Gasteiger partial charge in [0.25, 0.3) is 11.8 Å². The number of fused-ring (bicyclic) bond motifs is 1. The zero-order chi connectivity index (χ0) is 19.7. The molecular weight excluding hydrogens is 368 g/mol. The van der Waals surface area contributed by atoms with Gasteiger partial charge in [-0.3, -0.25) is 9.59 Å². The average molecular weight is 397 g/mol. The zero-order valence-corrected chi connectivity index (χ0v) is 17.5. The quantitative estimate of drug-likeness (QED) is 0.781. The number of amides is 2. The van der Waals surface area contributed by atoms with Gasteiger partial charge in [-0.2, -0.15) is 0 Å². The number of thiophene rings is 1. The molecule has 1 saturated heterocycles. The predicted octanol–water partition coefficient (Wildman–Crippen LogP) is 5.14. The molecule has 5 heteroatoms. The fraction of sp³-hybridized carbons (Fsp3) is 0.478. The number of nitrogens with zero attached hydrogens (tertiary/aromatic N) is 1. The molecule has 1 aliphatic carbocycles. The van der Waals surface area contributed by atoms with Crippen molar-refractivity contribution in [3.05, 3.63) is 51.9 Å². The third kappa shape index (κ3) is 3.72. The molecule has 0 bridgehead atoms. The standard InChI is InChI=1S/C23H28N2O2S/c1-15-11-12-18-19(14-15)28-22(24-21(26)17-9-4-3-5-10-17)20(18)23(27)25-13-7-6-8-16(25)2/h3-5,9-10,15-16H,6-8,11-14H2,1-2H3,(H,24,26)/t15-,16+/m0/s1. The van der Waals surface area contributed by atoms with Crippen molar-refractivity contribution in [2.24, 2.45) is 5.92 Å². The van der Waals surface area contributed by atoms with Crippen LogP contribution in [0.25, 0.3) is 0 Å². The minimum atomic E-state index is -0.145. The van der Waals surface area contributed by atoms with Crippen LogP contribution in [0.2, 0.25) is 0 Å². The molecule has 2 atom stereocenters. The largest absolute Gasteiger partial charge is 0.336 e. The molecule has 148 valence electrons. The second kappa shape index (κ2) is 8.08. The average Bonchev–Trinajstić information content (AvgIpc) is 3.05. The Balaban J connectivity index is 1.69. The second-order valence-electron chi connectivity index (χ2n) is 8.22. The van der Waals surface area contributed by atoms with Crippen molar-refractivity contribution < 1.29 is 9.59 Å². The van der Waals surface area contributed by atoms with E-state index >= 15 is 0 Å². The van der Waals surface area contributed by atoms with E-state index in [2.05, 4.69) is 19.2 Å². The van der Waals surface area contributed by atoms with Gasteiger partial charge in [0.15, 0.2) is 0 Å². The molecule has 1 aromatic carbocycles. The fourth-order valence-electron chi connectivity index (χ4n) is 4.37. The van der Waals surface area contributed by atoms with E-state index in [0.717, 1.165) is 49.2 Å². The van der Waals surface area contributed by atoms with Crippen LogP contribution in [0, 0.1) is 5.92 Å². The van der Waals surface area contributed by atoms with E-state index < -0.39 is 0 Å². The summed E-state index contributed by atoms with van der Waals surface area (Å²) < 4.78 is 0. The van der Waals surface area contributed by atoms with Crippen LogP contribution in [-0.2, 0) is 12.8 Å². The minimum Gasteiger partial charge on any atom is -0.336 e. The van der Waals surface area contributed by atoms with E-state index in [9.17, 15) is 9.59 Å². The third-order valence-electron chi connectivity index (χ3n) is 6.05. The monoisotopic (exact) mass is 396 g/mol. The van der Waals surface area contributed by atoms with E-state index in [0.29, 0.717) is 11.5 Å². The Labute approximate surface area is 170 Å². The molecule has 2 heterocycles. The van der Waals surface area contributed by atoms with Crippen molar-refractivity contribution in [1.82, 2.24) is 4.90 Å². The van der Waals surface area contributed by atoms with Crippen molar-refractivity contribution in [3.63, 3.8) is 0 Å². The first-order valence-electron chi connectivity index (χ1n) is 10.4. The fourth-order valence-corrected chi connectivity index (χ4v) is 5.77. The number of piperidine rings is 1.